The molecule has 4 N–H and O–H groups in total. The van der Waals surface area contributed by atoms with Crippen LogP contribution in [0.5, 0.6) is 0 Å². The van der Waals surface area contributed by atoms with Crippen LogP contribution in [0.2, 0.25) is 0 Å². The zero-order valence-electron chi connectivity index (χ0n) is 11.8. The molecule has 1 aliphatic carbocycles. The fraction of sp³-hybridized carbons (Fsp3) is 0.857. The molecule has 5 nitrogen and oxygen atoms in total. The van der Waals surface area contributed by atoms with E-state index >= 15 is 0 Å². The van der Waals surface area contributed by atoms with E-state index in [1.54, 1.807) is 0 Å². The molecule has 0 radical (unpaired) electrons. The van der Waals surface area contributed by atoms with Gasteiger partial charge in [-0.05, 0) is 38.1 Å². The molecule has 19 heavy (non-hydrogen) atoms. The average Bonchev–Trinajstić information content (AvgIpc) is 2.32. The van der Waals surface area contributed by atoms with Crippen molar-refractivity contribution in [2.24, 2.45) is 17.1 Å². The lowest BCUT2D eigenvalue weighted by Gasteiger charge is -2.37. The zero-order valence-corrected chi connectivity index (χ0v) is 11.8. The Kier molecular flexibility index (Phi) is 6.28. The van der Waals surface area contributed by atoms with Crippen molar-refractivity contribution in [3.05, 3.63) is 0 Å². The van der Waals surface area contributed by atoms with Crippen molar-refractivity contribution in [2.45, 2.75) is 51.9 Å². The standard InChI is InChI=1S/C14H26N2O3/c1-2-11(6-9-15)4-5-12(17)16-10-14(13(18)19)7-3-8-14/h11H,2-10,15H2,1H3,(H,16,17)(H,18,19). The molecule has 0 spiro atoms. The van der Waals surface area contributed by atoms with Gasteiger partial charge in [0.2, 0.25) is 5.91 Å². The maximum Gasteiger partial charge on any atom is 0.311 e. The van der Waals surface area contributed by atoms with Gasteiger partial charge in [-0.1, -0.05) is 19.8 Å². The van der Waals surface area contributed by atoms with Crippen molar-refractivity contribution in [2.75, 3.05) is 13.1 Å². The van der Waals surface area contributed by atoms with E-state index in [0.29, 0.717) is 31.7 Å². The van der Waals surface area contributed by atoms with Crippen molar-refractivity contribution >= 4 is 11.9 Å². The van der Waals surface area contributed by atoms with Gasteiger partial charge in [-0.2, -0.15) is 0 Å². The summed E-state index contributed by atoms with van der Waals surface area (Å²) in [6.07, 6.45) is 5.57. The fourth-order valence-corrected chi connectivity index (χ4v) is 2.55. The summed E-state index contributed by atoms with van der Waals surface area (Å²) in [5.74, 6) is -0.329. The van der Waals surface area contributed by atoms with E-state index in [1.165, 1.54) is 0 Å². The smallest absolute Gasteiger partial charge is 0.311 e. The molecule has 1 unspecified atom stereocenters. The van der Waals surface area contributed by atoms with Crippen LogP contribution >= 0.6 is 0 Å². The summed E-state index contributed by atoms with van der Waals surface area (Å²) in [5.41, 5.74) is 4.82. The second-order valence-electron chi connectivity index (χ2n) is 5.61. The predicted octanol–water partition coefficient (Wildman–Crippen LogP) is 1.51. The van der Waals surface area contributed by atoms with E-state index in [2.05, 4.69) is 12.2 Å². The van der Waals surface area contributed by atoms with Crippen LogP contribution in [0.25, 0.3) is 0 Å². The summed E-state index contributed by atoms with van der Waals surface area (Å²) >= 11 is 0. The Bertz CT molecular complexity index is 314. The molecule has 1 atom stereocenters. The van der Waals surface area contributed by atoms with Crippen LogP contribution in [-0.2, 0) is 9.59 Å². The van der Waals surface area contributed by atoms with Crippen LogP contribution in [0.15, 0.2) is 0 Å². The van der Waals surface area contributed by atoms with E-state index in [4.69, 9.17) is 10.8 Å². The normalized spacial score (nSPS) is 18.4. The SMILES string of the molecule is CCC(CCN)CCC(=O)NCC1(C(=O)O)CCC1. The number of aliphatic carboxylic acids is 1. The van der Waals surface area contributed by atoms with Crippen LogP contribution in [-0.4, -0.2) is 30.1 Å². The van der Waals surface area contributed by atoms with Gasteiger partial charge in [-0.3, -0.25) is 9.59 Å². The molecule has 1 fully saturated rings. The van der Waals surface area contributed by atoms with Gasteiger partial charge in [0.05, 0.1) is 5.41 Å². The van der Waals surface area contributed by atoms with Gasteiger partial charge in [0.1, 0.15) is 0 Å². The molecule has 1 amide bonds. The van der Waals surface area contributed by atoms with Gasteiger partial charge in [-0.15, -0.1) is 0 Å². The first-order valence-electron chi connectivity index (χ1n) is 7.24. The molecule has 0 saturated heterocycles. The van der Waals surface area contributed by atoms with Gasteiger partial charge in [-0.25, -0.2) is 0 Å². The highest BCUT2D eigenvalue weighted by molar-refractivity contribution is 5.79. The Morgan fingerprint density at radius 2 is 2.05 bits per heavy atom. The number of carbonyl (C=O) groups is 2. The number of carbonyl (C=O) groups excluding carboxylic acids is 1. The highest BCUT2D eigenvalue weighted by Crippen LogP contribution is 2.40. The molecule has 0 heterocycles. The molecule has 110 valence electrons. The van der Waals surface area contributed by atoms with E-state index in [1.807, 2.05) is 0 Å². The van der Waals surface area contributed by atoms with Crippen molar-refractivity contribution in [3.63, 3.8) is 0 Å². The third-order valence-corrected chi connectivity index (χ3v) is 4.32. The lowest BCUT2D eigenvalue weighted by Crippen LogP contribution is -2.47. The second-order valence-corrected chi connectivity index (χ2v) is 5.61. The summed E-state index contributed by atoms with van der Waals surface area (Å²) in [6, 6.07) is 0. The summed E-state index contributed by atoms with van der Waals surface area (Å²) in [7, 11) is 0. The van der Waals surface area contributed by atoms with Crippen molar-refractivity contribution in [1.82, 2.24) is 5.32 Å². The van der Waals surface area contributed by atoms with Crippen LogP contribution in [0, 0.1) is 11.3 Å². The first kappa shape index (κ1) is 16.0. The Balaban J connectivity index is 2.26. The Morgan fingerprint density at radius 1 is 1.37 bits per heavy atom. The largest absolute Gasteiger partial charge is 0.481 e. The predicted molar refractivity (Wildman–Crippen MR) is 73.6 cm³/mol. The second kappa shape index (κ2) is 7.48. The molecular formula is C14H26N2O3. The number of hydrogen-bond acceptors (Lipinski definition) is 3. The molecule has 0 aromatic heterocycles. The lowest BCUT2D eigenvalue weighted by atomic mass is 9.69. The van der Waals surface area contributed by atoms with E-state index in [-0.39, 0.29) is 12.5 Å². The van der Waals surface area contributed by atoms with Crippen molar-refractivity contribution in [3.8, 4) is 0 Å². The Morgan fingerprint density at radius 3 is 2.47 bits per heavy atom. The summed E-state index contributed by atoms with van der Waals surface area (Å²) in [5, 5.41) is 11.9. The zero-order chi connectivity index (χ0) is 14.3. The number of nitrogens with two attached hydrogens (primary N) is 1. The minimum absolute atomic E-state index is 0.0389. The van der Waals surface area contributed by atoms with Crippen LogP contribution < -0.4 is 11.1 Å². The minimum atomic E-state index is -0.784. The van der Waals surface area contributed by atoms with Gasteiger partial charge in [0, 0.05) is 13.0 Å². The first-order valence-corrected chi connectivity index (χ1v) is 7.24. The Labute approximate surface area is 114 Å². The highest BCUT2D eigenvalue weighted by Gasteiger charge is 2.44. The fourth-order valence-electron chi connectivity index (χ4n) is 2.55. The molecule has 5 heteroatoms. The number of carboxylic acid groups (broad SMARTS) is 1. The summed E-state index contributed by atoms with van der Waals surface area (Å²) in [4.78, 5) is 22.9. The van der Waals surface area contributed by atoms with Gasteiger partial charge in [0.15, 0.2) is 0 Å². The molecule has 0 aliphatic heterocycles. The summed E-state index contributed by atoms with van der Waals surface area (Å²) < 4.78 is 0. The van der Waals surface area contributed by atoms with E-state index < -0.39 is 11.4 Å². The monoisotopic (exact) mass is 270 g/mol. The molecule has 1 rings (SSSR count). The molecule has 0 bridgehead atoms. The first-order chi connectivity index (χ1) is 9.04. The molecule has 0 aromatic carbocycles. The summed E-state index contributed by atoms with van der Waals surface area (Å²) in [6.45, 7) is 3.03. The van der Waals surface area contributed by atoms with Gasteiger partial charge < -0.3 is 16.2 Å². The minimum Gasteiger partial charge on any atom is -0.481 e. The third-order valence-electron chi connectivity index (χ3n) is 4.32. The molecule has 1 saturated carbocycles. The average molecular weight is 270 g/mol. The number of hydrogen-bond donors (Lipinski definition) is 3. The lowest BCUT2D eigenvalue weighted by molar-refractivity contribution is -0.154. The molecule has 0 aromatic rings. The Hall–Kier alpha value is -1.10. The highest BCUT2D eigenvalue weighted by atomic mass is 16.4. The number of carboxylic acids is 1. The van der Waals surface area contributed by atoms with E-state index in [0.717, 1.165) is 25.7 Å². The van der Waals surface area contributed by atoms with Crippen LogP contribution in [0.3, 0.4) is 0 Å². The maximum absolute atomic E-state index is 11.7. The van der Waals surface area contributed by atoms with Crippen LogP contribution in [0.1, 0.15) is 51.9 Å². The van der Waals surface area contributed by atoms with Gasteiger partial charge in [0.25, 0.3) is 0 Å². The van der Waals surface area contributed by atoms with E-state index in [9.17, 15) is 9.59 Å². The molecular weight excluding hydrogens is 244 g/mol. The van der Waals surface area contributed by atoms with Crippen molar-refractivity contribution < 1.29 is 14.7 Å². The third kappa shape index (κ3) is 4.49. The van der Waals surface area contributed by atoms with Crippen molar-refractivity contribution in [1.29, 1.82) is 0 Å². The topological polar surface area (TPSA) is 92.4 Å². The number of amides is 1. The number of rotatable bonds is 9. The quantitative estimate of drug-likeness (QED) is 0.592. The maximum atomic E-state index is 11.7. The molecule has 1 aliphatic rings. The van der Waals surface area contributed by atoms with Crippen LogP contribution in [0.4, 0.5) is 0 Å². The van der Waals surface area contributed by atoms with Gasteiger partial charge >= 0.3 is 5.97 Å². The number of nitrogens with one attached hydrogen (secondary N) is 1.